The van der Waals surface area contributed by atoms with Crippen molar-refractivity contribution in [3.63, 3.8) is 0 Å². The van der Waals surface area contributed by atoms with E-state index in [2.05, 4.69) is 47.6 Å². The number of hydrazone groups is 1. The number of hydrogen-bond donors (Lipinski definition) is 3. The summed E-state index contributed by atoms with van der Waals surface area (Å²) in [6.07, 6.45) is 9.06. The molecule has 1 aliphatic rings. The Labute approximate surface area is 187 Å². The standard InChI is InChI=1S/C22H33N7OS/c1-3-7-15(9-5-6-12-26-28-21(24)30)16-10-11-18-19(13-16)29(20(23)27-18)22-25-14-17(31-22)8-4-2/h10-13,15,17H,3-9,14H2,1-2H3,(H2,23,27)(H3,24,28,30). The van der Waals surface area contributed by atoms with Crippen molar-refractivity contribution in [2.75, 3.05) is 12.3 Å². The number of carbonyl (C=O) groups excluding carboxylic acids is 1. The van der Waals surface area contributed by atoms with Crippen LogP contribution in [0.15, 0.2) is 28.3 Å². The molecule has 2 unspecified atom stereocenters. The van der Waals surface area contributed by atoms with Crippen molar-refractivity contribution in [1.82, 2.24) is 15.0 Å². The Kier molecular flexibility index (Phi) is 8.34. The fraction of sp³-hybridized carbons (Fsp3) is 0.545. The number of primary amides is 1. The van der Waals surface area contributed by atoms with Crippen LogP contribution in [0.4, 0.5) is 10.7 Å². The lowest BCUT2D eigenvalue weighted by Gasteiger charge is -2.17. The number of unbranched alkanes of at least 4 members (excludes halogenated alkanes) is 1. The van der Waals surface area contributed by atoms with Gasteiger partial charge in [-0.05, 0) is 55.7 Å². The molecule has 0 saturated carbocycles. The number of benzene rings is 1. The van der Waals surface area contributed by atoms with E-state index in [1.54, 1.807) is 6.21 Å². The number of amides is 2. The summed E-state index contributed by atoms with van der Waals surface area (Å²) < 4.78 is 2.02. The minimum absolute atomic E-state index is 0.447. The smallest absolute Gasteiger partial charge is 0.332 e. The predicted molar refractivity (Wildman–Crippen MR) is 131 cm³/mol. The quantitative estimate of drug-likeness (QED) is 0.285. The Morgan fingerprint density at radius 2 is 2.23 bits per heavy atom. The van der Waals surface area contributed by atoms with Crippen molar-refractivity contribution >= 4 is 46.2 Å². The second-order valence-corrected chi connectivity index (χ2v) is 9.18. The van der Waals surface area contributed by atoms with Crippen molar-refractivity contribution in [1.29, 1.82) is 0 Å². The molecule has 31 heavy (non-hydrogen) atoms. The number of nitrogen functional groups attached to an aromatic ring is 1. The highest BCUT2D eigenvalue weighted by molar-refractivity contribution is 8.14. The summed E-state index contributed by atoms with van der Waals surface area (Å²) in [5, 5.41) is 5.30. The molecule has 2 heterocycles. The number of nitrogens with zero attached hydrogens (tertiary/aromatic N) is 4. The number of thioether (sulfide) groups is 1. The van der Waals surface area contributed by atoms with Gasteiger partial charge in [0.05, 0.1) is 17.6 Å². The van der Waals surface area contributed by atoms with Gasteiger partial charge in [0.15, 0.2) is 5.17 Å². The highest BCUT2D eigenvalue weighted by Gasteiger charge is 2.24. The van der Waals surface area contributed by atoms with Crippen LogP contribution < -0.4 is 16.9 Å². The van der Waals surface area contributed by atoms with Crippen LogP contribution in [0.1, 0.15) is 70.3 Å². The van der Waals surface area contributed by atoms with Gasteiger partial charge in [-0.2, -0.15) is 5.10 Å². The number of nitrogens with one attached hydrogen (secondary N) is 1. The van der Waals surface area contributed by atoms with E-state index in [4.69, 9.17) is 16.5 Å². The predicted octanol–water partition coefficient (Wildman–Crippen LogP) is 4.45. The second-order valence-electron chi connectivity index (χ2n) is 7.91. The van der Waals surface area contributed by atoms with Gasteiger partial charge in [0, 0.05) is 11.5 Å². The molecular formula is C22H33N7OS. The number of hydrogen-bond acceptors (Lipinski definition) is 6. The van der Waals surface area contributed by atoms with E-state index < -0.39 is 6.03 Å². The average Bonchev–Trinajstić information content (AvgIpc) is 3.32. The Hall–Kier alpha value is -2.55. The molecular weight excluding hydrogens is 410 g/mol. The minimum Gasteiger partial charge on any atom is -0.369 e. The maximum atomic E-state index is 10.7. The topological polar surface area (TPSA) is 124 Å². The van der Waals surface area contributed by atoms with Crippen LogP contribution in [-0.4, -0.2) is 38.8 Å². The molecule has 0 saturated heterocycles. The first kappa shape index (κ1) is 23.1. The molecule has 0 radical (unpaired) electrons. The van der Waals surface area contributed by atoms with Gasteiger partial charge in [-0.25, -0.2) is 15.2 Å². The van der Waals surface area contributed by atoms with Gasteiger partial charge in [0.2, 0.25) is 5.95 Å². The number of imidazole rings is 1. The summed E-state index contributed by atoms with van der Waals surface area (Å²) in [5.41, 5.74) is 16.8. The van der Waals surface area contributed by atoms with E-state index in [0.29, 0.717) is 17.1 Å². The van der Waals surface area contributed by atoms with Crippen LogP contribution in [0, 0.1) is 0 Å². The van der Waals surface area contributed by atoms with Gasteiger partial charge in [-0.15, -0.1) is 0 Å². The first-order valence-electron chi connectivity index (χ1n) is 11.1. The van der Waals surface area contributed by atoms with E-state index in [0.717, 1.165) is 67.7 Å². The number of anilines is 1. The van der Waals surface area contributed by atoms with Crippen LogP contribution in [0.2, 0.25) is 0 Å². The second kappa shape index (κ2) is 11.2. The zero-order valence-electron chi connectivity index (χ0n) is 18.4. The van der Waals surface area contributed by atoms with Crippen LogP contribution in [0.5, 0.6) is 0 Å². The summed E-state index contributed by atoms with van der Waals surface area (Å²) in [4.78, 5) is 20.0. The van der Waals surface area contributed by atoms with Crippen molar-refractivity contribution in [3.05, 3.63) is 23.8 Å². The van der Waals surface area contributed by atoms with Gasteiger partial charge >= 0.3 is 6.03 Å². The Bertz CT molecular complexity index is 953. The van der Waals surface area contributed by atoms with E-state index in [9.17, 15) is 4.79 Å². The SMILES string of the molecule is CCCC1CN=C(n2c(N)nc3ccc(C(CCC)CCCC=NNC(N)=O)cc32)S1. The number of aromatic nitrogens is 2. The lowest BCUT2D eigenvalue weighted by molar-refractivity contribution is 0.249. The number of carbonyl (C=O) groups is 1. The fourth-order valence-electron chi connectivity index (χ4n) is 4.02. The van der Waals surface area contributed by atoms with Gasteiger partial charge in [-0.3, -0.25) is 9.56 Å². The van der Waals surface area contributed by atoms with E-state index in [-0.39, 0.29) is 0 Å². The normalized spacial score (nSPS) is 17.4. The zero-order chi connectivity index (χ0) is 22.2. The summed E-state index contributed by atoms with van der Waals surface area (Å²) in [6, 6.07) is 5.83. The molecule has 1 aromatic heterocycles. The molecule has 3 rings (SSSR count). The highest BCUT2D eigenvalue weighted by atomic mass is 32.2. The molecule has 168 valence electrons. The third-order valence-electron chi connectivity index (χ3n) is 5.47. The minimum atomic E-state index is -0.643. The molecule has 1 aliphatic heterocycles. The maximum absolute atomic E-state index is 10.7. The first-order chi connectivity index (χ1) is 15.0. The molecule has 2 atom stereocenters. The Morgan fingerprint density at radius 3 is 2.97 bits per heavy atom. The molecule has 2 aromatic rings. The molecule has 9 heteroatoms. The maximum Gasteiger partial charge on any atom is 0.332 e. The van der Waals surface area contributed by atoms with E-state index >= 15 is 0 Å². The summed E-state index contributed by atoms with van der Waals surface area (Å²) in [5.74, 6) is 0.947. The highest BCUT2D eigenvalue weighted by Crippen LogP contribution is 2.33. The first-order valence-corrected chi connectivity index (χ1v) is 12.0. The molecule has 0 bridgehead atoms. The van der Waals surface area contributed by atoms with Gasteiger partial charge < -0.3 is 11.5 Å². The summed E-state index contributed by atoms with van der Waals surface area (Å²) in [6.45, 7) is 5.26. The number of nitrogens with two attached hydrogens (primary N) is 2. The Balaban J connectivity index is 1.76. The zero-order valence-corrected chi connectivity index (χ0v) is 19.2. The Morgan fingerprint density at radius 1 is 1.39 bits per heavy atom. The van der Waals surface area contributed by atoms with Crippen molar-refractivity contribution < 1.29 is 4.79 Å². The molecule has 8 nitrogen and oxygen atoms in total. The van der Waals surface area contributed by atoms with Crippen molar-refractivity contribution in [3.8, 4) is 0 Å². The fourth-order valence-corrected chi connectivity index (χ4v) is 5.27. The molecule has 2 amide bonds. The van der Waals surface area contributed by atoms with Crippen LogP contribution in [-0.2, 0) is 0 Å². The van der Waals surface area contributed by atoms with Gasteiger partial charge in [0.25, 0.3) is 0 Å². The van der Waals surface area contributed by atoms with Gasteiger partial charge in [0.1, 0.15) is 0 Å². The number of fused-ring (bicyclic) bond motifs is 1. The summed E-state index contributed by atoms with van der Waals surface area (Å²) in [7, 11) is 0. The molecule has 0 aliphatic carbocycles. The lowest BCUT2D eigenvalue weighted by Crippen LogP contribution is -2.24. The number of urea groups is 1. The van der Waals surface area contributed by atoms with E-state index in [1.807, 2.05) is 16.3 Å². The number of rotatable bonds is 10. The molecule has 5 N–H and O–H groups in total. The monoisotopic (exact) mass is 443 g/mol. The number of aliphatic imine (C=N–C) groups is 1. The molecule has 0 spiro atoms. The van der Waals surface area contributed by atoms with Crippen LogP contribution in [0.25, 0.3) is 11.0 Å². The van der Waals surface area contributed by atoms with Crippen LogP contribution in [0.3, 0.4) is 0 Å². The average molecular weight is 444 g/mol. The molecule has 1 aromatic carbocycles. The third-order valence-corrected chi connectivity index (χ3v) is 6.71. The van der Waals surface area contributed by atoms with E-state index in [1.165, 1.54) is 5.56 Å². The molecule has 0 fully saturated rings. The third kappa shape index (κ3) is 6.00. The van der Waals surface area contributed by atoms with Crippen LogP contribution >= 0.6 is 11.8 Å². The lowest BCUT2D eigenvalue weighted by atomic mass is 9.89. The van der Waals surface area contributed by atoms with Gasteiger partial charge in [-0.1, -0.05) is 44.5 Å². The van der Waals surface area contributed by atoms with Crippen molar-refractivity contribution in [2.45, 2.75) is 70.0 Å². The largest absolute Gasteiger partial charge is 0.369 e. The van der Waals surface area contributed by atoms with Crippen molar-refractivity contribution in [2.24, 2.45) is 15.8 Å². The summed E-state index contributed by atoms with van der Waals surface area (Å²) >= 11 is 1.81.